The van der Waals surface area contributed by atoms with E-state index in [4.69, 9.17) is 9.15 Å². The van der Waals surface area contributed by atoms with Gasteiger partial charge in [0, 0.05) is 39.0 Å². The van der Waals surface area contributed by atoms with Crippen molar-refractivity contribution in [2.75, 3.05) is 32.1 Å². The highest BCUT2D eigenvalue weighted by atomic mass is 127. The normalized spacial score (nSPS) is 13.5. The zero-order chi connectivity index (χ0) is 19.6. The zero-order valence-electron chi connectivity index (χ0n) is 16.6. The third-order valence-electron chi connectivity index (χ3n) is 4.42. The Labute approximate surface area is 188 Å². The van der Waals surface area contributed by atoms with Gasteiger partial charge in [0.25, 0.3) is 5.91 Å². The van der Waals surface area contributed by atoms with Gasteiger partial charge in [-0.1, -0.05) is 12.1 Å². The van der Waals surface area contributed by atoms with Crippen LogP contribution in [0.1, 0.15) is 35.4 Å². The number of nitrogens with one attached hydrogen (secondary N) is 3. The van der Waals surface area contributed by atoms with Crippen LogP contribution >= 0.6 is 24.0 Å². The molecule has 8 heteroatoms. The van der Waals surface area contributed by atoms with Gasteiger partial charge in [0.15, 0.2) is 11.7 Å². The number of aliphatic imine (C=N–C) groups is 1. The van der Waals surface area contributed by atoms with Crippen LogP contribution in [-0.2, 0) is 11.3 Å². The second-order valence-corrected chi connectivity index (χ2v) is 6.86. The number of hydrogen-bond donors (Lipinski definition) is 3. The second-order valence-electron chi connectivity index (χ2n) is 6.86. The van der Waals surface area contributed by atoms with Crippen molar-refractivity contribution in [3.63, 3.8) is 0 Å². The first kappa shape index (κ1) is 23.2. The number of amides is 1. The fourth-order valence-corrected chi connectivity index (χ4v) is 2.68. The number of rotatable bonds is 10. The van der Waals surface area contributed by atoms with Crippen molar-refractivity contribution in [1.82, 2.24) is 10.6 Å². The average Bonchev–Trinajstić information content (AvgIpc) is 3.36. The number of guanidine groups is 1. The standard InChI is InChI=1S/C21H28N4O3.HI/c1-22-21(23-10-4-11-27-15-16-8-9-16)24-14-17-5-2-6-18(13-17)25-20(26)19-7-3-12-28-19;/h2-3,5-7,12-13,16H,4,8-11,14-15H2,1H3,(H,25,26)(H2,22,23,24);1H. The fourth-order valence-electron chi connectivity index (χ4n) is 2.68. The number of carbonyl (C=O) groups excluding carboxylic acids is 1. The van der Waals surface area contributed by atoms with Crippen LogP contribution in [0.5, 0.6) is 0 Å². The summed E-state index contributed by atoms with van der Waals surface area (Å²) in [5.74, 6) is 1.57. The fraction of sp³-hybridized carbons (Fsp3) is 0.429. The Morgan fingerprint density at radius 2 is 2.10 bits per heavy atom. The lowest BCUT2D eigenvalue weighted by molar-refractivity contribution is 0.0996. The second kappa shape index (κ2) is 12.5. The van der Waals surface area contributed by atoms with E-state index in [1.807, 2.05) is 24.3 Å². The van der Waals surface area contributed by atoms with E-state index in [0.717, 1.165) is 49.3 Å². The van der Waals surface area contributed by atoms with Crippen molar-refractivity contribution in [3.05, 3.63) is 54.0 Å². The van der Waals surface area contributed by atoms with Crippen LogP contribution in [0, 0.1) is 5.92 Å². The number of halogens is 1. The first-order valence-electron chi connectivity index (χ1n) is 9.70. The number of nitrogens with zero attached hydrogens (tertiary/aromatic N) is 1. The molecular weight excluding hydrogens is 483 g/mol. The first-order chi connectivity index (χ1) is 13.7. The molecule has 2 aromatic rings. The molecule has 1 aliphatic carbocycles. The van der Waals surface area contributed by atoms with Gasteiger partial charge in [-0.3, -0.25) is 9.79 Å². The molecule has 3 N–H and O–H groups in total. The molecule has 1 aliphatic rings. The molecular formula is C21H29IN4O3. The van der Waals surface area contributed by atoms with Crippen molar-refractivity contribution < 1.29 is 13.9 Å². The molecule has 1 heterocycles. The summed E-state index contributed by atoms with van der Waals surface area (Å²) in [5, 5.41) is 9.40. The van der Waals surface area contributed by atoms with Crippen LogP contribution in [0.2, 0.25) is 0 Å². The summed E-state index contributed by atoms with van der Waals surface area (Å²) >= 11 is 0. The summed E-state index contributed by atoms with van der Waals surface area (Å²) < 4.78 is 10.7. The topological polar surface area (TPSA) is 87.9 Å². The summed E-state index contributed by atoms with van der Waals surface area (Å²) in [6, 6.07) is 11.0. The Bertz CT molecular complexity index is 776. The molecule has 29 heavy (non-hydrogen) atoms. The molecule has 0 radical (unpaired) electrons. The summed E-state index contributed by atoms with van der Waals surface area (Å²) in [4.78, 5) is 16.3. The highest BCUT2D eigenvalue weighted by Crippen LogP contribution is 2.28. The van der Waals surface area contributed by atoms with E-state index in [1.165, 1.54) is 19.1 Å². The Hall–Kier alpha value is -2.07. The number of anilines is 1. The van der Waals surface area contributed by atoms with Gasteiger partial charge < -0.3 is 25.1 Å². The highest BCUT2D eigenvalue weighted by Gasteiger charge is 2.20. The monoisotopic (exact) mass is 512 g/mol. The van der Waals surface area contributed by atoms with Crippen molar-refractivity contribution in [2.24, 2.45) is 10.9 Å². The Morgan fingerprint density at radius 1 is 1.24 bits per heavy atom. The van der Waals surface area contributed by atoms with Crippen LogP contribution in [0.25, 0.3) is 0 Å². The maximum atomic E-state index is 12.1. The maximum Gasteiger partial charge on any atom is 0.291 e. The molecule has 1 aromatic carbocycles. The maximum absolute atomic E-state index is 12.1. The molecule has 7 nitrogen and oxygen atoms in total. The van der Waals surface area contributed by atoms with Crippen LogP contribution in [-0.4, -0.2) is 38.7 Å². The lowest BCUT2D eigenvalue weighted by atomic mass is 10.2. The largest absolute Gasteiger partial charge is 0.459 e. The summed E-state index contributed by atoms with van der Waals surface area (Å²) in [6.07, 6.45) is 5.07. The lowest BCUT2D eigenvalue weighted by Crippen LogP contribution is -2.37. The molecule has 0 bridgehead atoms. The Kier molecular flexibility index (Phi) is 9.99. The molecule has 0 aliphatic heterocycles. The van der Waals surface area contributed by atoms with E-state index >= 15 is 0 Å². The van der Waals surface area contributed by atoms with Crippen LogP contribution in [0.3, 0.4) is 0 Å². The van der Waals surface area contributed by atoms with Crippen molar-refractivity contribution in [2.45, 2.75) is 25.8 Å². The summed E-state index contributed by atoms with van der Waals surface area (Å²) in [7, 11) is 1.75. The molecule has 0 spiro atoms. The number of ether oxygens (including phenoxy) is 1. The minimum Gasteiger partial charge on any atom is -0.459 e. The van der Waals surface area contributed by atoms with Gasteiger partial charge in [-0.15, -0.1) is 24.0 Å². The molecule has 1 amide bonds. The zero-order valence-corrected chi connectivity index (χ0v) is 19.0. The molecule has 3 rings (SSSR count). The number of benzene rings is 1. The third kappa shape index (κ3) is 8.45. The molecule has 0 atom stereocenters. The van der Waals surface area contributed by atoms with Gasteiger partial charge in [-0.2, -0.15) is 0 Å². The van der Waals surface area contributed by atoms with Crippen LogP contribution < -0.4 is 16.0 Å². The molecule has 1 aromatic heterocycles. The smallest absolute Gasteiger partial charge is 0.291 e. The average molecular weight is 512 g/mol. The lowest BCUT2D eigenvalue weighted by Gasteiger charge is -2.13. The van der Waals surface area contributed by atoms with Gasteiger partial charge in [0.1, 0.15) is 0 Å². The van der Waals surface area contributed by atoms with E-state index in [-0.39, 0.29) is 35.6 Å². The van der Waals surface area contributed by atoms with E-state index in [1.54, 1.807) is 19.2 Å². The number of carbonyl (C=O) groups is 1. The van der Waals surface area contributed by atoms with E-state index in [2.05, 4.69) is 20.9 Å². The third-order valence-corrected chi connectivity index (χ3v) is 4.42. The Balaban J connectivity index is 0.00000300. The van der Waals surface area contributed by atoms with Crippen molar-refractivity contribution in [3.8, 4) is 0 Å². The van der Waals surface area contributed by atoms with Gasteiger partial charge in [-0.05, 0) is 55.0 Å². The molecule has 0 saturated heterocycles. The van der Waals surface area contributed by atoms with Gasteiger partial charge in [-0.25, -0.2) is 0 Å². The number of furan rings is 1. The molecule has 1 fully saturated rings. The Morgan fingerprint density at radius 3 is 2.83 bits per heavy atom. The minimum absolute atomic E-state index is 0. The van der Waals surface area contributed by atoms with Crippen LogP contribution in [0.15, 0.2) is 52.1 Å². The quantitative estimate of drug-likeness (QED) is 0.196. The summed E-state index contributed by atoms with van der Waals surface area (Å²) in [5.41, 5.74) is 1.75. The molecule has 0 unspecified atom stereocenters. The summed E-state index contributed by atoms with van der Waals surface area (Å²) in [6.45, 7) is 3.09. The first-order valence-corrected chi connectivity index (χ1v) is 9.70. The molecule has 1 saturated carbocycles. The molecule has 158 valence electrons. The predicted molar refractivity (Wildman–Crippen MR) is 125 cm³/mol. The minimum atomic E-state index is -0.267. The van der Waals surface area contributed by atoms with Gasteiger partial charge >= 0.3 is 0 Å². The van der Waals surface area contributed by atoms with E-state index in [9.17, 15) is 4.79 Å². The SMILES string of the molecule is CN=C(NCCCOCC1CC1)NCc1cccc(NC(=O)c2ccco2)c1.I. The van der Waals surface area contributed by atoms with E-state index in [0.29, 0.717) is 6.54 Å². The predicted octanol–water partition coefficient (Wildman–Crippen LogP) is 3.63. The van der Waals surface area contributed by atoms with Gasteiger partial charge in [0.2, 0.25) is 0 Å². The van der Waals surface area contributed by atoms with E-state index < -0.39 is 0 Å². The van der Waals surface area contributed by atoms with Crippen LogP contribution in [0.4, 0.5) is 5.69 Å². The number of hydrogen-bond acceptors (Lipinski definition) is 4. The highest BCUT2D eigenvalue weighted by molar-refractivity contribution is 14.0. The van der Waals surface area contributed by atoms with Crippen molar-refractivity contribution >= 4 is 41.5 Å². The van der Waals surface area contributed by atoms with Crippen molar-refractivity contribution in [1.29, 1.82) is 0 Å². The van der Waals surface area contributed by atoms with Gasteiger partial charge in [0.05, 0.1) is 6.26 Å².